The number of aromatic nitrogens is 1. The molecule has 1 rings (SSSR count). The fraction of sp³-hybridized carbons (Fsp3) is 0.286. The first kappa shape index (κ1) is 10.6. The van der Waals surface area contributed by atoms with E-state index in [2.05, 4.69) is 4.98 Å². The summed E-state index contributed by atoms with van der Waals surface area (Å²) in [5, 5.41) is 8.76. The van der Waals surface area contributed by atoms with Crippen molar-refractivity contribution in [2.75, 3.05) is 5.73 Å². The number of rotatable bonds is 2. The molecule has 0 aliphatic heterocycles. The van der Waals surface area contributed by atoms with Crippen LogP contribution in [0.1, 0.15) is 17.7 Å². The molecule has 0 radical (unpaired) electrons. The fourth-order valence-corrected chi connectivity index (χ4v) is 1.52. The monoisotopic (exact) mass is 300 g/mol. The smallest absolute Gasteiger partial charge is 0.265 e. The predicted molar refractivity (Wildman–Crippen MR) is 52.2 cm³/mol. The van der Waals surface area contributed by atoms with Crippen LogP contribution in [0.4, 0.5) is 14.5 Å². The molecular weight excluding hydrogens is 293 g/mol. The highest BCUT2D eigenvalue weighted by atomic mass is 127. The van der Waals surface area contributed by atoms with Crippen LogP contribution < -0.4 is 5.73 Å². The Morgan fingerprint density at radius 1 is 1.62 bits per heavy atom. The molecule has 0 amide bonds. The van der Waals surface area contributed by atoms with E-state index in [1.807, 2.05) is 0 Å². The minimum absolute atomic E-state index is 0.0993. The van der Waals surface area contributed by atoms with Gasteiger partial charge in [-0.25, -0.2) is 13.8 Å². The van der Waals surface area contributed by atoms with Gasteiger partial charge in [-0.15, -0.1) is 0 Å². The van der Waals surface area contributed by atoms with Crippen LogP contribution in [-0.4, -0.2) is 10.1 Å². The summed E-state index contributed by atoms with van der Waals surface area (Å²) in [5.41, 5.74) is 5.06. The van der Waals surface area contributed by atoms with Gasteiger partial charge in [-0.3, -0.25) is 0 Å². The van der Waals surface area contributed by atoms with Gasteiger partial charge in [0, 0.05) is 5.56 Å². The van der Waals surface area contributed by atoms with Crippen molar-refractivity contribution < 1.29 is 13.9 Å². The Labute approximate surface area is 87.1 Å². The summed E-state index contributed by atoms with van der Waals surface area (Å²) < 4.78 is 25.1. The molecule has 13 heavy (non-hydrogen) atoms. The fourth-order valence-electron chi connectivity index (χ4n) is 0.895. The molecule has 0 spiro atoms. The van der Waals surface area contributed by atoms with Gasteiger partial charge in [-0.05, 0) is 28.7 Å². The summed E-state index contributed by atoms with van der Waals surface area (Å²) in [6, 6.07) is 1.21. The summed E-state index contributed by atoms with van der Waals surface area (Å²) in [6.45, 7) is -0.428. The van der Waals surface area contributed by atoms with Gasteiger partial charge in [-0.2, -0.15) is 0 Å². The van der Waals surface area contributed by atoms with E-state index in [1.165, 1.54) is 6.07 Å². The van der Waals surface area contributed by atoms with Crippen molar-refractivity contribution in [2.24, 2.45) is 0 Å². The first-order chi connectivity index (χ1) is 6.06. The molecule has 1 aromatic rings. The van der Waals surface area contributed by atoms with Crippen molar-refractivity contribution in [2.45, 2.75) is 13.0 Å². The molecule has 6 heteroatoms. The van der Waals surface area contributed by atoms with E-state index in [0.29, 0.717) is 3.70 Å². The molecule has 1 aromatic heterocycles. The number of aliphatic hydroxyl groups excluding tert-OH is 1. The molecule has 3 nitrogen and oxygen atoms in total. The number of hydrogen-bond donors (Lipinski definition) is 2. The molecule has 0 bridgehead atoms. The highest BCUT2D eigenvalue weighted by Gasteiger charge is 2.15. The Morgan fingerprint density at radius 3 is 2.69 bits per heavy atom. The van der Waals surface area contributed by atoms with Crippen molar-refractivity contribution in [3.63, 3.8) is 0 Å². The third kappa shape index (κ3) is 2.25. The molecule has 1 heterocycles. The number of halogens is 3. The van der Waals surface area contributed by atoms with Gasteiger partial charge in [0.15, 0.2) is 0 Å². The number of nitrogen functional groups attached to an aromatic ring is 1. The lowest BCUT2D eigenvalue weighted by Crippen LogP contribution is -2.04. The van der Waals surface area contributed by atoms with E-state index in [1.54, 1.807) is 22.6 Å². The van der Waals surface area contributed by atoms with Crippen LogP contribution in [0, 0.1) is 3.70 Å². The molecular formula is C7H7F2IN2O. The Kier molecular flexibility index (Phi) is 3.37. The van der Waals surface area contributed by atoms with E-state index in [9.17, 15) is 8.78 Å². The molecule has 0 atom stereocenters. The van der Waals surface area contributed by atoms with E-state index >= 15 is 0 Å². The average molecular weight is 300 g/mol. The maximum atomic E-state index is 12.3. The molecule has 72 valence electrons. The molecule has 0 saturated heterocycles. The summed E-state index contributed by atoms with van der Waals surface area (Å²) in [7, 11) is 0. The van der Waals surface area contributed by atoms with Crippen LogP contribution in [0.3, 0.4) is 0 Å². The molecule has 3 N–H and O–H groups in total. The quantitative estimate of drug-likeness (QED) is 0.645. The van der Waals surface area contributed by atoms with Crippen LogP contribution in [0.25, 0.3) is 0 Å². The Morgan fingerprint density at radius 2 is 2.23 bits per heavy atom. The van der Waals surface area contributed by atoms with Crippen LogP contribution in [0.5, 0.6) is 0 Å². The molecule has 0 aromatic carbocycles. The van der Waals surface area contributed by atoms with Crippen molar-refractivity contribution in [1.82, 2.24) is 4.98 Å². The van der Waals surface area contributed by atoms with E-state index in [0.717, 1.165) is 0 Å². The second-order valence-corrected chi connectivity index (χ2v) is 3.46. The SMILES string of the molecule is Nc1c(C(F)F)cc(I)nc1CO. The molecule has 0 saturated carbocycles. The van der Waals surface area contributed by atoms with Crippen LogP contribution >= 0.6 is 22.6 Å². The maximum Gasteiger partial charge on any atom is 0.265 e. The number of alkyl halides is 2. The average Bonchev–Trinajstić information content (AvgIpc) is 2.08. The molecule has 0 aliphatic rings. The lowest BCUT2D eigenvalue weighted by Gasteiger charge is -2.08. The minimum Gasteiger partial charge on any atom is -0.397 e. The summed E-state index contributed by atoms with van der Waals surface area (Å²) in [4.78, 5) is 3.81. The van der Waals surface area contributed by atoms with Gasteiger partial charge in [0.05, 0.1) is 18.0 Å². The second kappa shape index (κ2) is 4.14. The zero-order valence-corrected chi connectivity index (χ0v) is 8.62. The van der Waals surface area contributed by atoms with Gasteiger partial charge >= 0.3 is 0 Å². The standard InChI is InChI=1S/C7H7F2IN2O/c8-7(9)3-1-5(10)12-4(2-13)6(3)11/h1,7,13H,2,11H2. The van der Waals surface area contributed by atoms with Gasteiger partial charge < -0.3 is 10.8 Å². The zero-order chi connectivity index (χ0) is 10.0. The van der Waals surface area contributed by atoms with Crippen LogP contribution in [0.2, 0.25) is 0 Å². The van der Waals surface area contributed by atoms with E-state index in [-0.39, 0.29) is 16.9 Å². The normalized spacial score (nSPS) is 10.8. The highest BCUT2D eigenvalue weighted by Crippen LogP contribution is 2.27. The number of anilines is 1. The zero-order valence-electron chi connectivity index (χ0n) is 6.47. The van der Waals surface area contributed by atoms with Crippen LogP contribution in [-0.2, 0) is 6.61 Å². The van der Waals surface area contributed by atoms with Crippen molar-refractivity contribution in [3.05, 3.63) is 21.0 Å². The Hall–Kier alpha value is -0.500. The number of hydrogen-bond acceptors (Lipinski definition) is 3. The van der Waals surface area contributed by atoms with E-state index in [4.69, 9.17) is 10.8 Å². The maximum absolute atomic E-state index is 12.3. The van der Waals surface area contributed by atoms with E-state index < -0.39 is 13.0 Å². The highest BCUT2D eigenvalue weighted by molar-refractivity contribution is 14.1. The lowest BCUT2D eigenvalue weighted by molar-refractivity contribution is 0.151. The topological polar surface area (TPSA) is 59.1 Å². The van der Waals surface area contributed by atoms with Crippen molar-refractivity contribution in [3.8, 4) is 0 Å². The first-order valence-electron chi connectivity index (χ1n) is 3.40. The summed E-state index contributed by atoms with van der Waals surface area (Å²) in [5.74, 6) is 0. The molecule has 0 fully saturated rings. The van der Waals surface area contributed by atoms with Gasteiger partial charge in [0.25, 0.3) is 6.43 Å². The second-order valence-electron chi connectivity index (χ2n) is 2.35. The largest absolute Gasteiger partial charge is 0.397 e. The number of pyridine rings is 1. The third-order valence-electron chi connectivity index (χ3n) is 1.52. The third-order valence-corrected chi connectivity index (χ3v) is 2.08. The number of aliphatic hydroxyl groups is 1. The number of nitrogens with zero attached hydrogens (tertiary/aromatic N) is 1. The van der Waals surface area contributed by atoms with Gasteiger partial charge in [0.2, 0.25) is 0 Å². The Balaban J connectivity index is 3.27. The lowest BCUT2D eigenvalue weighted by atomic mass is 10.2. The summed E-state index contributed by atoms with van der Waals surface area (Å²) >= 11 is 1.79. The van der Waals surface area contributed by atoms with Crippen molar-refractivity contribution >= 4 is 28.3 Å². The molecule has 0 unspecified atom stereocenters. The van der Waals surface area contributed by atoms with Crippen LogP contribution in [0.15, 0.2) is 6.07 Å². The summed E-state index contributed by atoms with van der Waals surface area (Å²) in [6.07, 6.45) is -2.64. The van der Waals surface area contributed by atoms with Crippen molar-refractivity contribution in [1.29, 1.82) is 0 Å². The minimum atomic E-state index is -2.64. The molecule has 0 aliphatic carbocycles. The number of nitrogens with two attached hydrogens (primary N) is 1. The first-order valence-corrected chi connectivity index (χ1v) is 4.48. The Bertz CT molecular complexity index is 320. The van der Waals surface area contributed by atoms with Gasteiger partial charge in [0.1, 0.15) is 3.70 Å². The predicted octanol–water partition coefficient (Wildman–Crippen LogP) is 1.70. The van der Waals surface area contributed by atoms with Gasteiger partial charge in [-0.1, -0.05) is 0 Å².